The van der Waals surface area contributed by atoms with Crippen LogP contribution in [0.1, 0.15) is 33.6 Å². The highest BCUT2D eigenvalue weighted by Crippen LogP contribution is 2.43. The summed E-state index contributed by atoms with van der Waals surface area (Å²) in [4.78, 5) is 26.2. The van der Waals surface area contributed by atoms with Gasteiger partial charge in [0, 0.05) is 6.07 Å². The van der Waals surface area contributed by atoms with E-state index in [2.05, 4.69) is 0 Å². The number of anilines is 1. The van der Waals surface area contributed by atoms with Gasteiger partial charge in [0.1, 0.15) is 17.5 Å². The molecular weight excluding hydrogens is 286 g/mol. The maximum absolute atomic E-state index is 13.0. The van der Waals surface area contributed by atoms with Gasteiger partial charge in [-0.15, -0.1) is 0 Å². The fourth-order valence-corrected chi connectivity index (χ4v) is 2.72. The lowest BCUT2D eigenvalue weighted by atomic mass is 9.92. The monoisotopic (exact) mass is 307 g/mol. The second kappa shape index (κ2) is 5.87. The number of hydrogen-bond acceptors (Lipinski definition) is 5. The average molecular weight is 307 g/mol. The molecule has 0 aromatic heterocycles. The van der Waals surface area contributed by atoms with E-state index in [4.69, 9.17) is 9.47 Å². The van der Waals surface area contributed by atoms with E-state index in [1.165, 1.54) is 24.1 Å². The first-order valence-corrected chi connectivity index (χ1v) is 7.33. The largest absolute Gasteiger partial charge is 0.508 e. The van der Waals surface area contributed by atoms with Crippen LogP contribution in [0.5, 0.6) is 11.5 Å². The van der Waals surface area contributed by atoms with E-state index in [1.54, 1.807) is 13.0 Å². The molecule has 1 N–H and O–H groups in total. The van der Waals surface area contributed by atoms with Crippen LogP contribution >= 0.6 is 0 Å². The quantitative estimate of drug-likeness (QED) is 0.863. The van der Waals surface area contributed by atoms with Crippen molar-refractivity contribution >= 4 is 17.6 Å². The fraction of sp³-hybridized carbons (Fsp3) is 0.500. The van der Waals surface area contributed by atoms with Crippen LogP contribution in [0.15, 0.2) is 18.2 Å². The predicted octanol–water partition coefficient (Wildman–Crippen LogP) is 2.24. The molecule has 1 aliphatic rings. The Kier molecular flexibility index (Phi) is 4.30. The van der Waals surface area contributed by atoms with Crippen molar-refractivity contribution in [3.8, 4) is 11.5 Å². The lowest BCUT2D eigenvalue weighted by Gasteiger charge is -2.43. The first-order chi connectivity index (χ1) is 10.4. The van der Waals surface area contributed by atoms with Gasteiger partial charge in [0.15, 0.2) is 5.60 Å². The zero-order chi connectivity index (χ0) is 16.5. The van der Waals surface area contributed by atoms with Gasteiger partial charge >= 0.3 is 5.97 Å². The summed E-state index contributed by atoms with van der Waals surface area (Å²) in [5.41, 5.74) is -0.632. The molecule has 0 saturated carbocycles. The molecule has 1 heterocycles. The second-order valence-corrected chi connectivity index (χ2v) is 5.33. The molecule has 1 unspecified atom stereocenters. The number of fused-ring (bicyclic) bond motifs is 1. The van der Waals surface area contributed by atoms with Crippen LogP contribution in [0.25, 0.3) is 0 Å². The molecule has 1 aromatic carbocycles. The zero-order valence-corrected chi connectivity index (χ0v) is 13.3. The van der Waals surface area contributed by atoms with Crippen molar-refractivity contribution in [3.05, 3.63) is 18.2 Å². The topological polar surface area (TPSA) is 76.1 Å². The van der Waals surface area contributed by atoms with E-state index in [-0.39, 0.29) is 11.7 Å². The standard InChI is InChI=1S/C16H21NO5/c1-5-16(6-2)15(20)17(10(3)14(19)21-4)12-9-11(18)7-8-13(12)22-16/h7-10,18H,5-6H2,1-4H3. The normalized spacial score (nSPS) is 17.5. The number of nitrogens with zero attached hydrogens (tertiary/aromatic N) is 1. The summed E-state index contributed by atoms with van der Waals surface area (Å²) >= 11 is 0. The molecule has 0 aliphatic carbocycles. The number of phenols is 1. The highest BCUT2D eigenvalue weighted by Gasteiger charge is 2.48. The summed E-state index contributed by atoms with van der Waals surface area (Å²) in [5, 5.41) is 9.70. The molecule has 1 atom stereocenters. The number of amides is 1. The molecule has 6 heteroatoms. The van der Waals surface area contributed by atoms with E-state index in [9.17, 15) is 14.7 Å². The van der Waals surface area contributed by atoms with Gasteiger partial charge in [-0.2, -0.15) is 0 Å². The molecular formula is C16H21NO5. The Bertz CT molecular complexity index is 594. The SMILES string of the molecule is CCC1(CC)Oc2ccc(O)cc2N(C(C)C(=O)OC)C1=O. The van der Waals surface area contributed by atoms with Gasteiger partial charge in [-0.1, -0.05) is 13.8 Å². The first kappa shape index (κ1) is 16.1. The van der Waals surface area contributed by atoms with Gasteiger partial charge in [0.05, 0.1) is 12.8 Å². The van der Waals surface area contributed by atoms with Crippen molar-refractivity contribution in [1.82, 2.24) is 0 Å². The lowest BCUT2D eigenvalue weighted by molar-refractivity contribution is -0.146. The predicted molar refractivity (Wildman–Crippen MR) is 81.0 cm³/mol. The van der Waals surface area contributed by atoms with Crippen LogP contribution in [0.2, 0.25) is 0 Å². The molecule has 0 spiro atoms. The highest BCUT2D eigenvalue weighted by molar-refractivity contribution is 6.06. The van der Waals surface area contributed by atoms with Gasteiger partial charge in [-0.25, -0.2) is 4.79 Å². The van der Waals surface area contributed by atoms with Crippen molar-refractivity contribution in [2.75, 3.05) is 12.0 Å². The number of phenolic OH excluding ortho intramolecular Hbond substituents is 1. The van der Waals surface area contributed by atoms with Crippen LogP contribution in [0.3, 0.4) is 0 Å². The summed E-state index contributed by atoms with van der Waals surface area (Å²) in [7, 11) is 1.28. The zero-order valence-electron chi connectivity index (χ0n) is 13.3. The fourth-order valence-electron chi connectivity index (χ4n) is 2.72. The van der Waals surface area contributed by atoms with Gasteiger partial charge in [0.25, 0.3) is 5.91 Å². The average Bonchev–Trinajstić information content (AvgIpc) is 2.53. The van der Waals surface area contributed by atoms with Crippen LogP contribution in [0.4, 0.5) is 5.69 Å². The third-order valence-electron chi connectivity index (χ3n) is 4.19. The highest BCUT2D eigenvalue weighted by atomic mass is 16.5. The van der Waals surface area contributed by atoms with Crippen LogP contribution < -0.4 is 9.64 Å². The number of aromatic hydroxyl groups is 1. The van der Waals surface area contributed by atoms with E-state index in [0.717, 1.165) is 0 Å². The number of carbonyl (C=O) groups excluding carboxylic acids is 2. The molecule has 2 rings (SSSR count). The molecule has 1 aliphatic heterocycles. The number of hydrogen-bond donors (Lipinski definition) is 1. The Morgan fingerprint density at radius 1 is 1.41 bits per heavy atom. The van der Waals surface area contributed by atoms with Gasteiger partial charge in [-0.3, -0.25) is 9.69 Å². The molecule has 6 nitrogen and oxygen atoms in total. The third-order valence-corrected chi connectivity index (χ3v) is 4.19. The molecule has 1 aromatic rings. The lowest BCUT2D eigenvalue weighted by Crippen LogP contribution is -2.59. The minimum atomic E-state index is -1.01. The maximum atomic E-state index is 13.0. The van der Waals surface area contributed by atoms with Crippen LogP contribution in [-0.2, 0) is 14.3 Å². The van der Waals surface area contributed by atoms with E-state index in [1.807, 2.05) is 13.8 Å². The van der Waals surface area contributed by atoms with Crippen molar-refractivity contribution in [2.24, 2.45) is 0 Å². The Balaban J connectivity index is 2.60. The van der Waals surface area contributed by atoms with Crippen molar-refractivity contribution in [3.63, 3.8) is 0 Å². The minimum absolute atomic E-state index is 0.00212. The smallest absolute Gasteiger partial charge is 0.328 e. The Morgan fingerprint density at radius 2 is 2.05 bits per heavy atom. The van der Waals surface area contributed by atoms with Crippen LogP contribution in [-0.4, -0.2) is 35.7 Å². The number of rotatable bonds is 4. The molecule has 0 bridgehead atoms. The number of benzene rings is 1. The first-order valence-electron chi connectivity index (χ1n) is 7.33. The number of esters is 1. The Hall–Kier alpha value is -2.24. The Labute approximate surface area is 129 Å². The number of methoxy groups -OCH3 is 1. The molecule has 120 valence electrons. The third kappa shape index (κ3) is 2.38. The van der Waals surface area contributed by atoms with Crippen molar-refractivity contribution in [2.45, 2.75) is 45.3 Å². The summed E-state index contributed by atoms with van der Waals surface area (Å²) in [6, 6.07) is 3.71. The molecule has 22 heavy (non-hydrogen) atoms. The number of carbonyl (C=O) groups is 2. The second-order valence-electron chi connectivity index (χ2n) is 5.33. The maximum Gasteiger partial charge on any atom is 0.328 e. The van der Waals surface area contributed by atoms with Gasteiger partial charge in [0.2, 0.25) is 0 Å². The van der Waals surface area contributed by atoms with E-state index in [0.29, 0.717) is 24.3 Å². The van der Waals surface area contributed by atoms with Crippen molar-refractivity contribution in [1.29, 1.82) is 0 Å². The van der Waals surface area contributed by atoms with E-state index >= 15 is 0 Å². The molecule has 1 amide bonds. The summed E-state index contributed by atoms with van der Waals surface area (Å²) in [6.45, 7) is 5.33. The molecule has 0 radical (unpaired) electrons. The molecule has 0 saturated heterocycles. The number of ether oxygens (including phenoxy) is 2. The Morgan fingerprint density at radius 3 is 2.59 bits per heavy atom. The summed E-state index contributed by atoms with van der Waals surface area (Å²) in [6.07, 6.45) is 0.958. The summed E-state index contributed by atoms with van der Waals surface area (Å²) in [5.74, 6) is -0.353. The minimum Gasteiger partial charge on any atom is -0.508 e. The molecule has 0 fully saturated rings. The van der Waals surface area contributed by atoms with Crippen LogP contribution in [0, 0.1) is 0 Å². The van der Waals surface area contributed by atoms with Crippen molar-refractivity contribution < 1.29 is 24.2 Å². The van der Waals surface area contributed by atoms with Gasteiger partial charge in [-0.05, 0) is 31.9 Å². The van der Waals surface area contributed by atoms with Gasteiger partial charge < -0.3 is 14.6 Å². The van der Waals surface area contributed by atoms with E-state index < -0.39 is 17.6 Å². The summed E-state index contributed by atoms with van der Waals surface area (Å²) < 4.78 is 10.7.